The van der Waals surface area contributed by atoms with Gasteiger partial charge in [-0.25, -0.2) is 13.2 Å². The summed E-state index contributed by atoms with van der Waals surface area (Å²) in [5.41, 5.74) is 2.10. The third-order valence-electron chi connectivity index (χ3n) is 4.60. The second-order valence-corrected chi connectivity index (χ2v) is 8.94. The molecule has 160 valence electrons. The van der Waals surface area contributed by atoms with Crippen molar-refractivity contribution < 1.29 is 22.7 Å². The van der Waals surface area contributed by atoms with Crippen molar-refractivity contribution in [2.24, 2.45) is 0 Å². The fraction of sp³-hybridized carbons (Fsp3) is 0.333. The molecule has 0 spiro atoms. The van der Waals surface area contributed by atoms with Crippen molar-refractivity contribution in [3.8, 4) is 0 Å². The molecule has 30 heavy (non-hydrogen) atoms. The van der Waals surface area contributed by atoms with E-state index in [0.29, 0.717) is 37.3 Å². The van der Waals surface area contributed by atoms with Gasteiger partial charge in [0, 0.05) is 25.2 Å². The van der Waals surface area contributed by atoms with Crippen LogP contribution in [0.3, 0.4) is 0 Å². The molecule has 1 heterocycles. The van der Waals surface area contributed by atoms with Gasteiger partial charge in [0.05, 0.1) is 11.4 Å². The average molecular weight is 432 g/mol. The molecule has 0 saturated carbocycles. The van der Waals surface area contributed by atoms with E-state index in [1.807, 2.05) is 30.3 Å². The molecule has 1 fully saturated rings. The highest BCUT2D eigenvalue weighted by atomic mass is 32.2. The fourth-order valence-corrected chi connectivity index (χ4v) is 4.64. The topological polar surface area (TPSA) is 105 Å². The lowest BCUT2D eigenvalue weighted by Gasteiger charge is -2.17. The van der Waals surface area contributed by atoms with E-state index in [2.05, 4.69) is 10.6 Å². The summed E-state index contributed by atoms with van der Waals surface area (Å²) >= 11 is 0. The molecule has 3 rings (SSSR count). The Labute approximate surface area is 176 Å². The summed E-state index contributed by atoms with van der Waals surface area (Å²) < 4.78 is 30.4. The zero-order valence-electron chi connectivity index (χ0n) is 16.5. The first kappa shape index (κ1) is 21.6. The van der Waals surface area contributed by atoms with Gasteiger partial charge in [-0.2, -0.15) is 0 Å². The molecule has 0 bridgehead atoms. The van der Waals surface area contributed by atoms with Gasteiger partial charge in [-0.15, -0.1) is 0 Å². The molecule has 0 aromatic heterocycles. The van der Waals surface area contributed by atoms with Gasteiger partial charge < -0.3 is 15.4 Å². The normalized spacial score (nSPS) is 14.9. The molecule has 9 heteroatoms. The van der Waals surface area contributed by atoms with Crippen LogP contribution in [0.25, 0.3) is 0 Å². The number of alkyl carbamates (subject to hydrolysis) is 1. The van der Waals surface area contributed by atoms with E-state index < -0.39 is 16.1 Å². The Morgan fingerprint density at radius 1 is 1.03 bits per heavy atom. The third-order valence-corrected chi connectivity index (χ3v) is 6.47. The van der Waals surface area contributed by atoms with Crippen LogP contribution in [0.4, 0.5) is 16.2 Å². The van der Waals surface area contributed by atoms with Crippen LogP contribution in [0, 0.1) is 0 Å². The predicted molar refractivity (Wildman–Crippen MR) is 115 cm³/mol. The fourth-order valence-electron chi connectivity index (χ4n) is 3.08. The Morgan fingerprint density at radius 3 is 2.43 bits per heavy atom. The van der Waals surface area contributed by atoms with Crippen LogP contribution in [-0.2, 0) is 26.2 Å². The number of amides is 2. The van der Waals surface area contributed by atoms with E-state index in [0.717, 1.165) is 5.56 Å². The molecule has 1 aliphatic heterocycles. The zero-order chi connectivity index (χ0) is 21.4. The van der Waals surface area contributed by atoms with Crippen LogP contribution in [0.2, 0.25) is 0 Å². The van der Waals surface area contributed by atoms with Crippen molar-refractivity contribution in [3.05, 3.63) is 60.2 Å². The van der Waals surface area contributed by atoms with E-state index in [9.17, 15) is 18.0 Å². The quantitative estimate of drug-likeness (QED) is 0.626. The second-order valence-electron chi connectivity index (χ2n) is 6.93. The van der Waals surface area contributed by atoms with Crippen molar-refractivity contribution in [2.45, 2.75) is 25.9 Å². The largest absolute Gasteiger partial charge is 0.445 e. The highest BCUT2D eigenvalue weighted by Gasteiger charge is 2.28. The van der Waals surface area contributed by atoms with Gasteiger partial charge >= 0.3 is 6.09 Å². The molecule has 1 aliphatic rings. The summed E-state index contributed by atoms with van der Waals surface area (Å²) in [6.07, 6.45) is 0.804. The van der Waals surface area contributed by atoms with Crippen LogP contribution in [0.15, 0.2) is 54.6 Å². The Morgan fingerprint density at radius 2 is 1.77 bits per heavy atom. The van der Waals surface area contributed by atoms with Gasteiger partial charge in [0.25, 0.3) is 0 Å². The summed E-state index contributed by atoms with van der Waals surface area (Å²) in [5.74, 6) is -0.0183. The Kier molecular flexibility index (Phi) is 7.29. The molecule has 0 unspecified atom stereocenters. The van der Waals surface area contributed by atoms with Crippen LogP contribution >= 0.6 is 0 Å². The lowest BCUT2D eigenvalue weighted by Crippen LogP contribution is -2.26. The molecule has 2 aromatic rings. The maximum atomic E-state index is 12.1. The summed E-state index contributed by atoms with van der Waals surface area (Å²) in [4.78, 5) is 23.7. The molecule has 1 saturated heterocycles. The van der Waals surface area contributed by atoms with Gasteiger partial charge in [-0.1, -0.05) is 30.3 Å². The molecule has 8 nitrogen and oxygen atoms in total. The first-order chi connectivity index (χ1) is 14.4. The summed E-state index contributed by atoms with van der Waals surface area (Å²) in [6, 6.07) is 16.1. The third kappa shape index (κ3) is 6.21. The molecule has 2 amide bonds. The summed E-state index contributed by atoms with van der Waals surface area (Å²) in [5, 5.41) is 5.38. The van der Waals surface area contributed by atoms with Crippen LogP contribution < -0.4 is 14.9 Å². The number of hydrogen-bond donors (Lipinski definition) is 2. The molecular weight excluding hydrogens is 406 g/mol. The van der Waals surface area contributed by atoms with Gasteiger partial charge in [0.15, 0.2) is 0 Å². The monoisotopic (exact) mass is 431 g/mol. The molecule has 0 aliphatic carbocycles. The minimum atomic E-state index is -3.22. The number of rotatable bonds is 8. The number of carbonyl (C=O) groups is 2. The van der Waals surface area contributed by atoms with Crippen LogP contribution in [0.5, 0.6) is 0 Å². The van der Waals surface area contributed by atoms with Gasteiger partial charge in [0.1, 0.15) is 6.61 Å². The highest BCUT2D eigenvalue weighted by molar-refractivity contribution is 7.93. The SMILES string of the molecule is O=C(CCCNC(=O)OCc1ccccc1)Nc1ccc(N2CCCS2(=O)=O)cc1. The lowest BCUT2D eigenvalue weighted by molar-refractivity contribution is -0.116. The van der Waals surface area contributed by atoms with Gasteiger partial charge in [0.2, 0.25) is 15.9 Å². The Bertz CT molecular complexity index is 962. The highest BCUT2D eigenvalue weighted by Crippen LogP contribution is 2.25. The number of nitrogens with zero attached hydrogens (tertiary/aromatic N) is 1. The minimum Gasteiger partial charge on any atom is -0.445 e. The van der Waals surface area contributed by atoms with E-state index in [1.165, 1.54) is 4.31 Å². The van der Waals surface area contributed by atoms with Crippen molar-refractivity contribution in [1.29, 1.82) is 0 Å². The number of ether oxygens (including phenoxy) is 1. The molecule has 0 atom stereocenters. The maximum absolute atomic E-state index is 12.1. The number of anilines is 2. The molecule has 2 aromatic carbocycles. The van der Waals surface area contributed by atoms with Crippen LogP contribution in [0.1, 0.15) is 24.8 Å². The van der Waals surface area contributed by atoms with E-state index >= 15 is 0 Å². The molecular formula is C21H25N3O5S. The summed E-state index contributed by atoms with van der Waals surface area (Å²) in [7, 11) is -3.22. The number of nitrogens with one attached hydrogen (secondary N) is 2. The van der Waals surface area contributed by atoms with E-state index in [4.69, 9.17) is 4.74 Å². The van der Waals surface area contributed by atoms with Crippen molar-refractivity contribution >= 4 is 33.4 Å². The Balaban J connectivity index is 1.34. The number of carbonyl (C=O) groups excluding carboxylic acids is 2. The minimum absolute atomic E-state index is 0.166. The zero-order valence-corrected chi connectivity index (χ0v) is 17.4. The van der Waals surface area contributed by atoms with Crippen LogP contribution in [-0.4, -0.2) is 39.3 Å². The van der Waals surface area contributed by atoms with Crippen molar-refractivity contribution in [3.63, 3.8) is 0 Å². The van der Waals surface area contributed by atoms with E-state index in [-0.39, 0.29) is 24.7 Å². The molecule has 0 radical (unpaired) electrons. The standard InChI is InChI=1S/C21H25N3O5S/c25-20(8-4-13-22-21(26)29-16-17-6-2-1-3-7-17)23-18-9-11-19(12-10-18)24-14-5-15-30(24,27)28/h1-3,6-7,9-12H,4-5,8,13-16H2,(H,22,26)(H,23,25). The molecule has 2 N–H and O–H groups in total. The number of hydrogen-bond acceptors (Lipinski definition) is 5. The predicted octanol–water partition coefficient (Wildman–Crippen LogP) is 2.87. The first-order valence-corrected chi connectivity index (χ1v) is 11.4. The summed E-state index contributed by atoms with van der Waals surface area (Å²) in [6.45, 7) is 1.00. The van der Waals surface area contributed by atoms with Crippen molar-refractivity contribution in [1.82, 2.24) is 5.32 Å². The number of benzene rings is 2. The van der Waals surface area contributed by atoms with Gasteiger partial charge in [-0.3, -0.25) is 9.10 Å². The first-order valence-electron chi connectivity index (χ1n) is 9.79. The van der Waals surface area contributed by atoms with Crippen molar-refractivity contribution in [2.75, 3.05) is 28.5 Å². The lowest BCUT2D eigenvalue weighted by atomic mass is 10.2. The maximum Gasteiger partial charge on any atom is 0.407 e. The van der Waals surface area contributed by atoms with Gasteiger partial charge in [-0.05, 0) is 42.7 Å². The number of sulfonamides is 1. The Hall–Kier alpha value is -3.07. The smallest absolute Gasteiger partial charge is 0.407 e. The second kappa shape index (κ2) is 10.1. The average Bonchev–Trinajstić information content (AvgIpc) is 3.10. The van der Waals surface area contributed by atoms with E-state index in [1.54, 1.807) is 24.3 Å².